The van der Waals surface area contributed by atoms with Gasteiger partial charge in [0, 0.05) is 6.42 Å². The fourth-order valence-electron chi connectivity index (χ4n) is 2.34. The van der Waals surface area contributed by atoms with Crippen molar-refractivity contribution in [2.75, 3.05) is 5.32 Å². The molecule has 0 spiro atoms. The number of rotatable bonds is 6. The second kappa shape index (κ2) is 7.55. The van der Waals surface area contributed by atoms with E-state index in [1.165, 1.54) is 5.56 Å². The Labute approximate surface area is 140 Å². The summed E-state index contributed by atoms with van der Waals surface area (Å²) in [6, 6.07) is 18.2. The third-order valence-electron chi connectivity index (χ3n) is 3.67. The lowest BCUT2D eigenvalue weighted by molar-refractivity contribution is -0.116. The van der Waals surface area contributed by atoms with Crippen molar-refractivity contribution in [1.29, 1.82) is 0 Å². The highest BCUT2D eigenvalue weighted by Gasteiger charge is 2.10. The highest BCUT2D eigenvalue weighted by atomic mass is 16.4. The van der Waals surface area contributed by atoms with Crippen LogP contribution in [0.3, 0.4) is 0 Å². The van der Waals surface area contributed by atoms with Crippen molar-refractivity contribution in [2.24, 2.45) is 0 Å². The predicted octanol–water partition coefficient (Wildman–Crippen LogP) is 3.54. The first kappa shape index (κ1) is 15.9. The lowest BCUT2D eigenvalue weighted by atomic mass is 10.1. The summed E-state index contributed by atoms with van der Waals surface area (Å²) in [6.45, 7) is 2.04. The molecule has 5 heteroatoms. The van der Waals surface area contributed by atoms with E-state index in [-0.39, 0.29) is 11.9 Å². The quantitative estimate of drug-likeness (QED) is 0.754. The maximum Gasteiger partial charge on any atom is 0.322 e. The van der Waals surface area contributed by atoms with Crippen molar-refractivity contribution in [3.63, 3.8) is 0 Å². The minimum Gasteiger partial charge on any atom is -0.407 e. The molecule has 122 valence electrons. The van der Waals surface area contributed by atoms with Crippen LogP contribution in [0.1, 0.15) is 29.0 Å². The van der Waals surface area contributed by atoms with Crippen LogP contribution in [0.4, 0.5) is 6.01 Å². The highest BCUT2D eigenvalue weighted by molar-refractivity contribution is 5.88. The van der Waals surface area contributed by atoms with Crippen molar-refractivity contribution in [2.45, 2.75) is 26.2 Å². The minimum absolute atomic E-state index is 0.135. The van der Waals surface area contributed by atoms with Gasteiger partial charge in [-0.25, -0.2) is 0 Å². The zero-order chi connectivity index (χ0) is 16.8. The molecule has 3 aromatic rings. The van der Waals surface area contributed by atoms with Crippen LogP contribution in [0.2, 0.25) is 0 Å². The van der Waals surface area contributed by atoms with Crippen LogP contribution >= 0.6 is 0 Å². The number of carbonyl (C=O) groups excluding carboxylic acids is 1. The smallest absolute Gasteiger partial charge is 0.322 e. The van der Waals surface area contributed by atoms with E-state index in [4.69, 9.17) is 4.42 Å². The Morgan fingerprint density at radius 1 is 1.00 bits per heavy atom. The number of hydrogen-bond acceptors (Lipinski definition) is 4. The van der Waals surface area contributed by atoms with Crippen molar-refractivity contribution in [3.05, 3.63) is 77.2 Å². The van der Waals surface area contributed by atoms with E-state index >= 15 is 0 Å². The van der Waals surface area contributed by atoms with E-state index in [1.54, 1.807) is 0 Å². The summed E-state index contributed by atoms with van der Waals surface area (Å²) >= 11 is 0. The van der Waals surface area contributed by atoms with E-state index in [9.17, 15) is 4.79 Å². The number of amides is 1. The van der Waals surface area contributed by atoms with E-state index in [0.717, 1.165) is 11.1 Å². The Balaban J connectivity index is 1.51. The fraction of sp³-hybridized carbons (Fsp3) is 0.211. The third-order valence-corrected chi connectivity index (χ3v) is 3.67. The van der Waals surface area contributed by atoms with Gasteiger partial charge in [0.1, 0.15) is 0 Å². The molecule has 1 heterocycles. The van der Waals surface area contributed by atoms with Gasteiger partial charge in [0.05, 0.1) is 6.42 Å². The van der Waals surface area contributed by atoms with E-state index in [2.05, 4.69) is 15.5 Å². The van der Waals surface area contributed by atoms with Gasteiger partial charge in [0.15, 0.2) is 0 Å². The molecule has 24 heavy (non-hydrogen) atoms. The van der Waals surface area contributed by atoms with Crippen LogP contribution in [0.25, 0.3) is 0 Å². The molecule has 0 saturated carbocycles. The highest BCUT2D eigenvalue weighted by Crippen LogP contribution is 2.12. The lowest BCUT2D eigenvalue weighted by Crippen LogP contribution is -2.12. The SMILES string of the molecule is Cc1ccc(Cc2nnc(NC(=O)CCc3ccccc3)o2)cc1. The molecule has 1 amide bonds. The molecule has 0 fully saturated rings. The van der Waals surface area contributed by atoms with Crippen LogP contribution < -0.4 is 5.32 Å². The molecular weight excluding hydrogens is 302 g/mol. The second-order valence-corrected chi connectivity index (χ2v) is 5.70. The number of aryl methyl sites for hydroxylation is 2. The van der Waals surface area contributed by atoms with Crippen molar-refractivity contribution >= 4 is 11.9 Å². The summed E-state index contributed by atoms with van der Waals surface area (Å²) in [5.74, 6) is 0.349. The maximum atomic E-state index is 12.0. The number of nitrogens with one attached hydrogen (secondary N) is 1. The predicted molar refractivity (Wildman–Crippen MR) is 91.7 cm³/mol. The molecule has 0 aliphatic heterocycles. The Morgan fingerprint density at radius 2 is 1.75 bits per heavy atom. The van der Waals surface area contributed by atoms with Gasteiger partial charge in [-0.3, -0.25) is 10.1 Å². The summed E-state index contributed by atoms with van der Waals surface area (Å²) in [4.78, 5) is 12.0. The molecule has 0 bridgehead atoms. The van der Waals surface area contributed by atoms with E-state index < -0.39 is 0 Å². The summed E-state index contributed by atoms with van der Waals surface area (Å²) in [5, 5.41) is 10.5. The van der Waals surface area contributed by atoms with E-state index in [0.29, 0.717) is 25.2 Å². The summed E-state index contributed by atoms with van der Waals surface area (Å²) in [7, 11) is 0. The molecule has 0 saturated heterocycles. The average molecular weight is 321 g/mol. The zero-order valence-corrected chi connectivity index (χ0v) is 13.5. The van der Waals surface area contributed by atoms with Gasteiger partial charge in [-0.15, -0.1) is 5.10 Å². The number of aromatic nitrogens is 2. The first-order chi connectivity index (χ1) is 11.7. The van der Waals surface area contributed by atoms with Crippen LogP contribution in [-0.4, -0.2) is 16.1 Å². The summed E-state index contributed by atoms with van der Waals surface area (Å²) in [6.07, 6.45) is 1.60. The topological polar surface area (TPSA) is 68.0 Å². The van der Waals surface area contributed by atoms with Crippen LogP contribution in [0.15, 0.2) is 59.0 Å². The van der Waals surface area contributed by atoms with Crippen LogP contribution in [-0.2, 0) is 17.6 Å². The molecule has 0 atom stereocenters. The van der Waals surface area contributed by atoms with Crippen molar-refractivity contribution in [3.8, 4) is 0 Å². The standard InChI is InChI=1S/C19H19N3O2/c1-14-7-9-16(10-8-14)13-18-21-22-19(24-18)20-17(23)12-11-15-5-3-2-4-6-15/h2-10H,11-13H2,1H3,(H,20,22,23). The van der Waals surface area contributed by atoms with Gasteiger partial charge in [-0.05, 0) is 24.5 Å². The van der Waals surface area contributed by atoms with Crippen LogP contribution in [0.5, 0.6) is 0 Å². The second-order valence-electron chi connectivity index (χ2n) is 5.70. The first-order valence-electron chi connectivity index (χ1n) is 7.91. The van der Waals surface area contributed by atoms with Gasteiger partial charge in [-0.1, -0.05) is 65.3 Å². The summed E-state index contributed by atoms with van der Waals surface area (Å²) < 4.78 is 5.49. The Hall–Kier alpha value is -2.95. The molecule has 0 aliphatic rings. The number of hydrogen-bond donors (Lipinski definition) is 1. The number of nitrogens with zero attached hydrogens (tertiary/aromatic N) is 2. The minimum atomic E-state index is -0.135. The van der Waals surface area contributed by atoms with E-state index in [1.807, 2.05) is 61.5 Å². The van der Waals surface area contributed by atoms with Gasteiger partial charge in [0.2, 0.25) is 11.8 Å². The van der Waals surface area contributed by atoms with Crippen LogP contribution in [0, 0.1) is 6.92 Å². The molecular formula is C19H19N3O2. The Bertz CT molecular complexity index is 795. The number of anilines is 1. The Kier molecular flexibility index (Phi) is 5.01. The molecule has 0 aliphatic carbocycles. The number of benzene rings is 2. The zero-order valence-electron chi connectivity index (χ0n) is 13.5. The molecule has 1 N–H and O–H groups in total. The van der Waals surface area contributed by atoms with Gasteiger partial charge < -0.3 is 4.42 Å². The monoisotopic (exact) mass is 321 g/mol. The first-order valence-corrected chi connectivity index (χ1v) is 7.91. The molecule has 3 rings (SSSR count). The fourth-order valence-corrected chi connectivity index (χ4v) is 2.34. The van der Waals surface area contributed by atoms with Gasteiger partial charge in [-0.2, -0.15) is 0 Å². The molecule has 5 nitrogen and oxygen atoms in total. The largest absolute Gasteiger partial charge is 0.407 e. The average Bonchev–Trinajstić information content (AvgIpc) is 3.03. The number of carbonyl (C=O) groups is 1. The molecule has 2 aromatic carbocycles. The normalized spacial score (nSPS) is 10.5. The van der Waals surface area contributed by atoms with Crippen molar-refractivity contribution in [1.82, 2.24) is 10.2 Å². The van der Waals surface area contributed by atoms with Crippen molar-refractivity contribution < 1.29 is 9.21 Å². The molecule has 0 unspecified atom stereocenters. The molecule has 1 aromatic heterocycles. The van der Waals surface area contributed by atoms with Gasteiger partial charge >= 0.3 is 6.01 Å². The lowest BCUT2D eigenvalue weighted by Gasteiger charge is -2.01. The Morgan fingerprint density at radius 3 is 2.50 bits per heavy atom. The maximum absolute atomic E-state index is 12.0. The third kappa shape index (κ3) is 4.52. The summed E-state index contributed by atoms with van der Waals surface area (Å²) in [5.41, 5.74) is 3.42. The molecule has 0 radical (unpaired) electrons. The van der Waals surface area contributed by atoms with Gasteiger partial charge in [0.25, 0.3) is 0 Å².